The van der Waals surface area contributed by atoms with Crippen LogP contribution in [0.1, 0.15) is 31.5 Å². The van der Waals surface area contributed by atoms with Crippen LogP contribution >= 0.6 is 11.6 Å². The Hall–Kier alpha value is -1.06. The molecule has 0 aliphatic carbocycles. The van der Waals surface area contributed by atoms with Crippen LogP contribution in [0.3, 0.4) is 0 Å². The lowest BCUT2D eigenvalue weighted by Gasteiger charge is -2.24. The van der Waals surface area contributed by atoms with Gasteiger partial charge in [0.2, 0.25) is 5.91 Å². The molecule has 0 spiro atoms. The van der Waals surface area contributed by atoms with Crippen molar-refractivity contribution in [2.75, 3.05) is 13.1 Å². The largest absolute Gasteiger partial charge is 0.322 e. The van der Waals surface area contributed by atoms with Gasteiger partial charge in [0.05, 0.1) is 6.54 Å². The predicted octanol–water partition coefficient (Wildman–Crippen LogP) is 2.57. The average molecular weight is 253 g/mol. The number of benzene rings is 1. The SMILES string of the molecule is CCCCN1C(=O)CNC1c1cccc(Cl)c1. The highest BCUT2D eigenvalue weighted by Gasteiger charge is 2.30. The summed E-state index contributed by atoms with van der Waals surface area (Å²) in [6, 6.07) is 7.68. The van der Waals surface area contributed by atoms with Crippen LogP contribution in [0.25, 0.3) is 0 Å². The molecule has 1 atom stereocenters. The summed E-state index contributed by atoms with van der Waals surface area (Å²) in [7, 11) is 0. The van der Waals surface area contributed by atoms with E-state index in [1.807, 2.05) is 29.2 Å². The Morgan fingerprint density at radius 2 is 2.35 bits per heavy atom. The molecule has 1 N–H and O–H groups in total. The molecule has 1 heterocycles. The Morgan fingerprint density at radius 1 is 1.53 bits per heavy atom. The summed E-state index contributed by atoms with van der Waals surface area (Å²) < 4.78 is 0. The summed E-state index contributed by atoms with van der Waals surface area (Å²) in [6.45, 7) is 3.35. The first-order valence-corrected chi connectivity index (χ1v) is 6.38. The van der Waals surface area contributed by atoms with Crippen LogP contribution in [0, 0.1) is 0 Å². The number of hydrogen-bond donors (Lipinski definition) is 1. The van der Waals surface area contributed by atoms with Crippen LogP contribution in [-0.4, -0.2) is 23.9 Å². The Morgan fingerprint density at radius 3 is 3.06 bits per heavy atom. The first-order chi connectivity index (χ1) is 8.22. The fraction of sp³-hybridized carbons (Fsp3) is 0.462. The normalized spacial score (nSPS) is 20.0. The molecule has 3 nitrogen and oxygen atoms in total. The zero-order chi connectivity index (χ0) is 12.3. The Balaban J connectivity index is 2.16. The molecule has 0 radical (unpaired) electrons. The molecule has 1 aliphatic rings. The molecular formula is C13H17ClN2O. The molecule has 1 fully saturated rings. The molecule has 1 unspecified atom stereocenters. The third kappa shape index (κ3) is 2.79. The van der Waals surface area contributed by atoms with Gasteiger partial charge < -0.3 is 4.90 Å². The van der Waals surface area contributed by atoms with E-state index in [2.05, 4.69) is 12.2 Å². The van der Waals surface area contributed by atoms with E-state index in [9.17, 15) is 4.79 Å². The summed E-state index contributed by atoms with van der Waals surface area (Å²) in [4.78, 5) is 13.7. The van der Waals surface area contributed by atoms with Crippen LogP contribution in [-0.2, 0) is 4.79 Å². The topological polar surface area (TPSA) is 32.3 Å². The summed E-state index contributed by atoms with van der Waals surface area (Å²) in [6.07, 6.45) is 2.10. The molecule has 4 heteroatoms. The van der Waals surface area contributed by atoms with Crippen molar-refractivity contribution in [3.8, 4) is 0 Å². The van der Waals surface area contributed by atoms with E-state index in [0.717, 1.165) is 24.9 Å². The first kappa shape index (κ1) is 12.4. The summed E-state index contributed by atoms with van der Waals surface area (Å²) >= 11 is 5.98. The zero-order valence-electron chi connectivity index (χ0n) is 9.95. The van der Waals surface area contributed by atoms with Gasteiger partial charge in [0, 0.05) is 11.6 Å². The van der Waals surface area contributed by atoms with Gasteiger partial charge in [-0.2, -0.15) is 0 Å². The average Bonchev–Trinajstić information content (AvgIpc) is 2.68. The van der Waals surface area contributed by atoms with Crippen molar-refractivity contribution in [2.45, 2.75) is 25.9 Å². The molecule has 1 amide bonds. The number of unbranched alkanes of at least 4 members (excludes halogenated alkanes) is 1. The lowest BCUT2D eigenvalue weighted by molar-refractivity contribution is -0.128. The quantitative estimate of drug-likeness (QED) is 0.893. The third-order valence-electron chi connectivity index (χ3n) is 3.00. The van der Waals surface area contributed by atoms with E-state index >= 15 is 0 Å². The second kappa shape index (κ2) is 5.52. The minimum Gasteiger partial charge on any atom is -0.322 e. The van der Waals surface area contributed by atoms with E-state index < -0.39 is 0 Å². The maximum Gasteiger partial charge on any atom is 0.238 e. The number of halogens is 1. The minimum atomic E-state index is -0.0206. The van der Waals surface area contributed by atoms with Gasteiger partial charge in [-0.1, -0.05) is 37.1 Å². The standard InChI is InChI=1S/C13H17ClN2O/c1-2-3-7-16-12(17)9-15-13(16)10-5-4-6-11(14)8-10/h4-6,8,13,15H,2-3,7,9H2,1H3. The first-order valence-electron chi connectivity index (χ1n) is 6.00. The van der Waals surface area contributed by atoms with E-state index in [1.54, 1.807) is 0 Å². The number of nitrogens with zero attached hydrogens (tertiary/aromatic N) is 1. The molecule has 1 saturated heterocycles. The number of nitrogens with one attached hydrogen (secondary N) is 1. The number of carbonyl (C=O) groups excluding carboxylic acids is 1. The molecule has 92 valence electrons. The monoisotopic (exact) mass is 252 g/mol. The van der Waals surface area contributed by atoms with Gasteiger partial charge in [-0.15, -0.1) is 0 Å². The maximum atomic E-state index is 11.8. The molecule has 1 aliphatic heterocycles. The molecule has 17 heavy (non-hydrogen) atoms. The van der Waals surface area contributed by atoms with Crippen LogP contribution < -0.4 is 5.32 Å². The van der Waals surface area contributed by atoms with E-state index in [4.69, 9.17) is 11.6 Å². The maximum absolute atomic E-state index is 11.8. The van der Waals surface area contributed by atoms with Crippen LogP contribution in [0.4, 0.5) is 0 Å². The number of amides is 1. The van der Waals surface area contributed by atoms with Gasteiger partial charge in [0.15, 0.2) is 0 Å². The van der Waals surface area contributed by atoms with Crippen molar-refractivity contribution in [3.63, 3.8) is 0 Å². The Bertz CT molecular complexity index is 408. The van der Waals surface area contributed by atoms with E-state index in [-0.39, 0.29) is 12.1 Å². The third-order valence-corrected chi connectivity index (χ3v) is 3.23. The summed E-state index contributed by atoms with van der Waals surface area (Å²) in [5.41, 5.74) is 1.06. The number of hydrogen-bond acceptors (Lipinski definition) is 2. The smallest absolute Gasteiger partial charge is 0.238 e. The summed E-state index contributed by atoms with van der Waals surface area (Å²) in [5.74, 6) is 0.170. The number of rotatable bonds is 4. The second-order valence-corrected chi connectivity index (χ2v) is 4.72. The highest BCUT2D eigenvalue weighted by atomic mass is 35.5. The highest BCUT2D eigenvalue weighted by Crippen LogP contribution is 2.24. The van der Waals surface area contributed by atoms with Crippen LogP contribution in [0.2, 0.25) is 5.02 Å². The number of carbonyl (C=O) groups is 1. The van der Waals surface area contributed by atoms with Gasteiger partial charge >= 0.3 is 0 Å². The van der Waals surface area contributed by atoms with Crippen LogP contribution in [0.15, 0.2) is 24.3 Å². The Labute approximate surface area is 107 Å². The van der Waals surface area contributed by atoms with Gasteiger partial charge in [-0.05, 0) is 24.1 Å². The minimum absolute atomic E-state index is 0.0206. The fourth-order valence-corrected chi connectivity index (χ4v) is 2.30. The van der Waals surface area contributed by atoms with E-state index in [1.165, 1.54) is 0 Å². The molecular weight excluding hydrogens is 236 g/mol. The van der Waals surface area contributed by atoms with E-state index in [0.29, 0.717) is 11.6 Å². The molecule has 0 bridgehead atoms. The van der Waals surface area contributed by atoms with Crippen molar-refractivity contribution in [1.82, 2.24) is 10.2 Å². The van der Waals surface area contributed by atoms with Crippen molar-refractivity contribution < 1.29 is 4.79 Å². The lowest BCUT2D eigenvalue weighted by atomic mass is 10.1. The lowest BCUT2D eigenvalue weighted by Crippen LogP contribution is -2.31. The molecule has 0 saturated carbocycles. The Kier molecular flexibility index (Phi) is 4.02. The van der Waals surface area contributed by atoms with Crippen LogP contribution in [0.5, 0.6) is 0 Å². The van der Waals surface area contributed by atoms with Crippen molar-refractivity contribution >= 4 is 17.5 Å². The summed E-state index contributed by atoms with van der Waals surface area (Å²) in [5, 5.41) is 3.93. The van der Waals surface area contributed by atoms with Gasteiger partial charge in [-0.25, -0.2) is 0 Å². The highest BCUT2D eigenvalue weighted by molar-refractivity contribution is 6.30. The van der Waals surface area contributed by atoms with Crippen molar-refractivity contribution in [1.29, 1.82) is 0 Å². The van der Waals surface area contributed by atoms with Crippen molar-refractivity contribution in [2.24, 2.45) is 0 Å². The van der Waals surface area contributed by atoms with Gasteiger partial charge in [-0.3, -0.25) is 10.1 Å². The zero-order valence-corrected chi connectivity index (χ0v) is 10.7. The van der Waals surface area contributed by atoms with Gasteiger partial charge in [0.25, 0.3) is 0 Å². The molecule has 2 rings (SSSR count). The molecule has 1 aromatic carbocycles. The predicted molar refractivity (Wildman–Crippen MR) is 68.8 cm³/mol. The van der Waals surface area contributed by atoms with Gasteiger partial charge in [0.1, 0.15) is 6.17 Å². The molecule has 1 aromatic rings. The second-order valence-electron chi connectivity index (χ2n) is 4.28. The van der Waals surface area contributed by atoms with Crippen molar-refractivity contribution in [3.05, 3.63) is 34.9 Å². The molecule has 0 aromatic heterocycles. The fourth-order valence-electron chi connectivity index (χ4n) is 2.10.